The molecule has 148 valence electrons. The largest absolute Gasteiger partial charge is 0.383 e. The van der Waals surface area contributed by atoms with Gasteiger partial charge in [0.1, 0.15) is 17.3 Å². The number of aromatic amines is 1. The first kappa shape index (κ1) is 21.0. The lowest BCUT2D eigenvalue weighted by Crippen LogP contribution is -2.39. The van der Waals surface area contributed by atoms with Crippen molar-refractivity contribution in [1.29, 1.82) is 0 Å². The van der Waals surface area contributed by atoms with Crippen LogP contribution in [0.4, 0.5) is 15.9 Å². The summed E-state index contributed by atoms with van der Waals surface area (Å²) in [5.41, 5.74) is 6.08. The van der Waals surface area contributed by atoms with Crippen LogP contribution in [0.5, 0.6) is 0 Å². The van der Waals surface area contributed by atoms with Crippen LogP contribution in [0.15, 0.2) is 27.8 Å². The Hall–Kier alpha value is -2.28. The quantitative estimate of drug-likeness (QED) is 0.716. The topological polar surface area (TPSA) is 84.1 Å². The maximum absolute atomic E-state index is 13.4. The molecule has 0 unspecified atom stereocenters. The minimum Gasteiger partial charge on any atom is -0.383 e. The number of anilines is 2. The molecular formula is C19H26ClFN4O2. The second kappa shape index (κ2) is 9.08. The number of nitrogens with two attached hydrogens (primary N) is 1. The van der Waals surface area contributed by atoms with E-state index >= 15 is 0 Å². The Morgan fingerprint density at radius 1 is 1.33 bits per heavy atom. The molecule has 0 aliphatic rings. The highest BCUT2D eigenvalue weighted by atomic mass is 35.5. The van der Waals surface area contributed by atoms with E-state index < -0.39 is 17.1 Å². The van der Waals surface area contributed by atoms with Crippen LogP contribution in [-0.4, -0.2) is 16.1 Å². The van der Waals surface area contributed by atoms with Gasteiger partial charge in [-0.2, -0.15) is 0 Å². The molecule has 0 atom stereocenters. The minimum absolute atomic E-state index is 0.135. The van der Waals surface area contributed by atoms with Gasteiger partial charge in [-0.25, -0.2) is 9.18 Å². The summed E-state index contributed by atoms with van der Waals surface area (Å²) in [5, 5.41) is 0.276. The molecule has 8 heteroatoms. The van der Waals surface area contributed by atoms with Crippen molar-refractivity contribution in [2.75, 3.05) is 17.2 Å². The maximum Gasteiger partial charge on any atom is 0.330 e. The van der Waals surface area contributed by atoms with Crippen molar-refractivity contribution in [2.24, 2.45) is 5.92 Å². The molecule has 0 radical (unpaired) electrons. The Morgan fingerprint density at radius 3 is 2.63 bits per heavy atom. The highest BCUT2D eigenvalue weighted by molar-refractivity contribution is 6.31. The van der Waals surface area contributed by atoms with Gasteiger partial charge in [-0.15, -0.1) is 0 Å². The third kappa shape index (κ3) is 5.13. The number of nitrogen functional groups attached to an aromatic ring is 1. The lowest BCUT2D eigenvalue weighted by Gasteiger charge is -2.28. The summed E-state index contributed by atoms with van der Waals surface area (Å²) >= 11 is 6.16. The Bertz CT molecular complexity index is 908. The predicted octanol–water partition coefficient (Wildman–Crippen LogP) is 3.37. The van der Waals surface area contributed by atoms with Crippen molar-refractivity contribution in [3.05, 3.63) is 55.4 Å². The molecule has 0 aliphatic heterocycles. The fourth-order valence-corrected chi connectivity index (χ4v) is 3.18. The van der Waals surface area contributed by atoms with Crippen LogP contribution < -0.4 is 21.9 Å². The fraction of sp³-hybridized carbons (Fsp3) is 0.474. The molecular weight excluding hydrogens is 371 g/mol. The van der Waals surface area contributed by atoms with E-state index in [0.29, 0.717) is 18.7 Å². The van der Waals surface area contributed by atoms with Crippen molar-refractivity contribution in [2.45, 2.75) is 46.7 Å². The predicted molar refractivity (Wildman–Crippen MR) is 108 cm³/mol. The first-order chi connectivity index (χ1) is 12.7. The molecule has 0 spiro atoms. The van der Waals surface area contributed by atoms with Gasteiger partial charge in [0.25, 0.3) is 5.56 Å². The molecule has 0 bridgehead atoms. The van der Waals surface area contributed by atoms with E-state index in [2.05, 4.69) is 4.98 Å². The summed E-state index contributed by atoms with van der Waals surface area (Å²) in [5.74, 6) is -0.0697. The van der Waals surface area contributed by atoms with Gasteiger partial charge in [0, 0.05) is 24.7 Å². The number of nitrogens with zero attached hydrogens (tertiary/aromatic N) is 2. The maximum atomic E-state index is 13.4. The van der Waals surface area contributed by atoms with Crippen molar-refractivity contribution in [3.63, 3.8) is 0 Å². The molecule has 0 aliphatic carbocycles. The van der Waals surface area contributed by atoms with Crippen LogP contribution in [0.2, 0.25) is 5.02 Å². The summed E-state index contributed by atoms with van der Waals surface area (Å²) in [6.07, 6.45) is 1.66. The molecule has 1 aromatic carbocycles. The molecule has 0 amide bonds. The highest BCUT2D eigenvalue weighted by Gasteiger charge is 2.21. The molecule has 2 aromatic rings. The van der Waals surface area contributed by atoms with Gasteiger partial charge < -0.3 is 10.6 Å². The van der Waals surface area contributed by atoms with Crippen LogP contribution in [0, 0.1) is 11.7 Å². The van der Waals surface area contributed by atoms with E-state index in [4.69, 9.17) is 17.3 Å². The first-order valence-corrected chi connectivity index (χ1v) is 9.43. The fourth-order valence-electron chi connectivity index (χ4n) is 2.95. The van der Waals surface area contributed by atoms with Crippen molar-refractivity contribution in [3.8, 4) is 0 Å². The van der Waals surface area contributed by atoms with Crippen LogP contribution in [0.1, 0.15) is 39.2 Å². The number of nitrogens with one attached hydrogen (secondary N) is 1. The molecule has 1 aromatic heterocycles. The number of H-pyrrole nitrogens is 1. The molecule has 0 fully saturated rings. The van der Waals surface area contributed by atoms with Crippen molar-refractivity contribution >= 4 is 23.1 Å². The first-order valence-electron chi connectivity index (χ1n) is 9.06. The zero-order valence-electron chi connectivity index (χ0n) is 15.9. The van der Waals surface area contributed by atoms with Crippen LogP contribution in [0.3, 0.4) is 0 Å². The van der Waals surface area contributed by atoms with E-state index in [1.54, 1.807) is 11.0 Å². The number of hydrogen-bond acceptors (Lipinski definition) is 4. The second-order valence-corrected chi connectivity index (χ2v) is 7.42. The Balaban J connectivity index is 2.52. The normalized spacial score (nSPS) is 11.2. The number of halogens is 2. The van der Waals surface area contributed by atoms with Crippen molar-refractivity contribution in [1.82, 2.24) is 9.55 Å². The van der Waals surface area contributed by atoms with Crippen LogP contribution >= 0.6 is 11.6 Å². The standard InChI is InChI=1S/C19H26ClFN4O2/c1-4-5-8-25-17(22)16(18(26)23-19(25)27)24(10-12(2)3)11-13-6-7-14(21)9-15(13)20/h6-7,9,12H,4-5,8,10-11,22H2,1-3H3,(H,23,26,27). The highest BCUT2D eigenvalue weighted by Crippen LogP contribution is 2.24. The van der Waals surface area contributed by atoms with Crippen LogP contribution in [-0.2, 0) is 13.1 Å². The SMILES string of the molecule is CCCCn1c(N)c(N(Cc2ccc(F)cc2Cl)CC(C)C)c(=O)[nH]c1=O. The molecule has 3 N–H and O–H groups in total. The smallest absolute Gasteiger partial charge is 0.330 e. The number of unbranched alkanes of at least 4 members (excludes halogenated alkanes) is 1. The molecule has 6 nitrogen and oxygen atoms in total. The van der Waals surface area contributed by atoms with E-state index in [1.807, 2.05) is 20.8 Å². The lowest BCUT2D eigenvalue weighted by atomic mass is 10.1. The number of aromatic nitrogens is 2. The lowest BCUT2D eigenvalue weighted by molar-refractivity contribution is 0.585. The molecule has 0 saturated heterocycles. The average molecular weight is 397 g/mol. The summed E-state index contributed by atoms with van der Waals surface area (Å²) in [6.45, 7) is 7.25. The average Bonchev–Trinajstić information content (AvgIpc) is 2.56. The zero-order chi connectivity index (χ0) is 20.1. The third-order valence-corrected chi connectivity index (χ3v) is 4.58. The Kier molecular flexibility index (Phi) is 7.07. The summed E-state index contributed by atoms with van der Waals surface area (Å²) < 4.78 is 14.7. The Labute approximate surface area is 162 Å². The van der Waals surface area contributed by atoms with Gasteiger partial charge in [-0.1, -0.05) is 44.9 Å². The molecule has 27 heavy (non-hydrogen) atoms. The van der Waals surface area contributed by atoms with Crippen LogP contribution in [0.25, 0.3) is 0 Å². The van der Waals surface area contributed by atoms with E-state index in [9.17, 15) is 14.0 Å². The second-order valence-electron chi connectivity index (χ2n) is 7.01. The van der Waals surface area contributed by atoms with Crippen molar-refractivity contribution < 1.29 is 4.39 Å². The molecule has 2 rings (SSSR count). The zero-order valence-corrected chi connectivity index (χ0v) is 16.6. The van der Waals surface area contributed by atoms with Gasteiger partial charge in [-0.3, -0.25) is 14.3 Å². The molecule has 1 heterocycles. The summed E-state index contributed by atoms with van der Waals surface area (Å²) in [7, 11) is 0. The van der Waals surface area contributed by atoms with E-state index in [-0.39, 0.29) is 29.0 Å². The van der Waals surface area contributed by atoms with Gasteiger partial charge in [0.05, 0.1) is 0 Å². The minimum atomic E-state index is -0.538. The monoisotopic (exact) mass is 396 g/mol. The summed E-state index contributed by atoms with van der Waals surface area (Å²) in [4.78, 5) is 28.9. The van der Waals surface area contributed by atoms with Gasteiger partial charge in [0.15, 0.2) is 0 Å². The van der Waals surface area contributed by atoms with Gasteiger partial charge >= 0.3 is 5.69 Å². The Morgan fingerprint density at radius 2 is 2.04 bits per heavy atom. The van der Waals surface area contributed by atoms with E-state index in [0.717, 1.165) is 12.8 Å². The molecule has 0 saturated carbocycles. The number of benzene rings is 1. The summed E-state index contributed by atoms with van der Waals surface area (Å²) in [6, 6.07) is 4.15. The van der Waals surface area contributed by atoms with E-state index in [1.165, 1.54) is 16.7 Å². The number of hydrogen-bond donors (Lipinski definition) is 2. The third-order valence-electron chi connectivity index (χ3n) is 4.23. The number of rotatable bonds is 8. The van der Waals surface area contributed by atoms with Gasteiger partial charge in [-0.05, 0) is 30.0 Å². The van der Waals surface area contributed by atoms with Gasteiger partial charge in [0.2, 0.25) is 0 Å².